The number of rotatable bonds is 4. The van der Waals surface area contributed by atoms with Crippen molar-refractivity contribution in [2.45, 2.75) is 26.7 Å². The van der Waals surface area contributed by atoms with Crippen LogP contribution in [-0.2, 0) is 7.05 Å². The van der Waals surface area contributed by atoms with E-state index in [0.717, 1.165) is 49.8 Å². The first-order valence-corrected chi connectivity index (χ1v) is 12.4. The van der Waals surface area contributed by atoms with Crippen molar-refractivity contribution in [1.29, 1.82) is 0 Å². The van der Waals surface area contributed by atoms with E-state index in [1.54, 1.807) is 12.1 Å². The molecule has 0 spiro atoms. The average molecular weight is 489 g/mol. The molecule has 0 aliphatic heterocycles. The summed E-state index contributed by atoms with van der Waals surface area (Å²) in [5.74, 6) is -1.03. The predicted octanol–water partition coefficient (Wildman–Crippen LogP) is 8.98. The van der Waals surface area contributed by atoms with Crippen LogP contribution in [0.5, 0.6) is 0 Å². The Hall–Kier alpha value is -4.24. The van der Waals surface area contributed by atoms with Crippen molar-refractivity contribution >= 4 is 21.9 Å². The maximum absolute atomic E-state index is 15.5. The second-order valence-electron chi connectivity index (χ2n) is 9.79. The maximum atomic E-state index is 15.5. The van der Waals surface area contributed by atoms with Crippen LogP contribution < -0.4 is 4.57 Å². The SMILES string of the molecule is [2H]c1cccc(-c2c(C)ccc3c2oc2c(-c4ccc(-c5cccc(C([2H])(C)C)c5)cc4)c(F)ccc23)[n+]1C. The van der Waals surface area contributed by atoms with Gasteiger partial charge in [-0.25, -0.2) is 8.96 Å². The summed E-state index contributed by atoms with van der Waals surface area (Å²) in [6.45, 7) is 5.78. The van der Waals surface area contributed by atoms with Crippen LogP contribution >= 0.6 is 0 Å². The first kappa shape index (κ1) is 20.9. The summed E-state index contributed by atoms with van der Waals surface area (Å²) in [6, 6.07) is 28.8. The Morgan fingerprint density at radius 3 is 2.24 bits per heavy atom. The molecule has 0 amide bonds. The fourth-order valence-corrected chi connectivity index (χ4v) is 5.13. The number of fused-ring (bicyclic) bond motifs is 3. The summed E-state index contributed by atoms with van der Waals surface area (Å²) in [5, 5.41) is 1.76. The number of pyridine rings is 1. The van der Waals surface area contributed by atoms with E-state index in [0.29, 0.717) is 22.9 Å². The lowest BCUT2D eigenvalue weighted by Gasteiger charge is -2.10. The molecule has 0 saturated heterocycles. The highest BCUT2D eigenvalue weighted by molar-refractivity contribution is 6.13. The van der Waals surface area contributed by atoms with Gasteiger partial charge in [0.25, 0.3) is 0 Å². The molecule has 37 heavy (non-hydrogen) atoms. The van der Waals surface area contributed by atoms with Gasteiger partial charge in [0.1, 0.15) is 25.4 Å². The Balaban J connectivity index is 1.52. The number of benzene rings is 4. The number of hydrogen-bond donors (Lipinski definition) is 0. The van der Waals surface area contributed by atoms with Crippen LogP contribution in [0.3, 0.4) is 0 Å². The van der Waals surface area contributed by atoms with E-state index in [-0.39, 0.29) is 5.82 Å². The van der Waals surface area contributed by atoms with Gasteiger partial charge in [0.2, 0.25) is 5.69 Å². The molecule has 0 radical (unpaired) electrons. The van der Waals surface area contributed by atoms with Crippen LogP contribution in [0.1, 0.15) is 33.6 Å². The van der Waals surface area contributed by atoms with Crippen LogP contribution in [0.2, 0.25) is 0 Å². The zero-order valence-corrected chi connectivity index (χ0v) is 21.4. The van der Waals surface area contributed by atoms with E-state index in [2.05, 4.69) is 0 Å². The number of furan rings is 1. The van der Waals surface area contributed by atoms with Crippen molar-refractivity contribution in [2.75, 3.05) is 0 Å². The van der Waals surface area contributed by atoms with Gasteiger partial charge in [-0.15, -0.1) is 0 Å². The van der Waals surface area contributed by atoms with Crippen molar-refractivity contribution in [3.8, 4) is 33.5 Å². The average Bonchev–Trinajstić information content (AvgIpc) is 3.28. The molecular formula is C34H29FNO+. The molecule has 4 aromatic carbocycles. The second-order valence-corrected chi connectivity index (χ2v) is 9.79. The highest BCUT2D eigenvalue weighted by Gasteiger charge is 2.23. The van der Waals surface area contributed by atoms with E-state index >= 15 is 4.39 Å². The molecule has 6 rings (SSSR count). The van der Waals surface area contributed by atoms with Crippen LogP contribution in [0.25, 0.3) is 55.4 Å². The van der Waals surface area contributed by atoms with Gasteiger partial charge < -0.3 is 4.42 Å². The molecule has 6 aromatic rings. The van der Waals surface area contributed by atoms with Gasteiger partial charge in [-0.05, 0) is 58.8 Å². The third-order valence-corrected chi connectivity index (χ3v) is 7.15. The molecular weight excluding hydrogens is 457 g/mol. The van der Waals surface area contributed by atoms with Gasteiger partial charge in [0, 0.05) is 24.3 Å². The van der Waals surface area contributed by atoms with Crippen LogP contribution in [0.4, 0.5) is 4.39 Å². The number of halogens is 1. The lowest BCUT2D eigenvalue weighted by molar-refractivity contribution is -0.660. The molecule has 3 heteroatoms. The van der Waals surface area contributed by atoms with Gasteiger partial charge in [-0.2, -0.15) is 0 Å². The molecule has 0 saturated carbocycles. The Kier molecular flexibility index (Phi) is 5.09. The monoisotopic (exact) mass is 488 g/mol. The fraction of sp³-hybridized carbons (Fsp3) is 0.147. The normalized spacial score (nSPS) is 12.7. The number of hydrogen-bond acceptors (Lipinski definition) is 1. The first-order chi connectivity index (χ1) is 18.6. The molecule has 0 atom stereocenters. The summed E-state index contributed by atoms with van der Waals surface area (Å²) in [5.41, 5.74) is 8.11. The molecule has 0 N–H and O–H groups in total. The minimum atomic E-state index is -0.688. The van der Waals surface area contributed by atoms with Crippen LogP contribution in [-0.4, -0.2) is 0 Å². The first-order valence-electron chi connectivity index (χ1n) is 13.4. The lowest BCUT2D eigenvalue weighted by Crippen LogP contribution is -2.30. The molecule has 182 valence electrons. The van der Waals surface area contributed by atoms with E-state index in [4.69, 9.17) is 7.16 Å². The Morgan fingerprint density at radius 1 is 0.784 bits per heavy atom. The van der Waals surface area contributed by atoms with Crippen molar-refractivity contribution in [3.63, 3.8) is 0 Å². The molecule has 0 bridgehead atoms. The third kappa shape index (κ3) is 3.92. The van der Waals surface area contributed by atoms with Crippen molar-refractivity contribution in [2.24, 2.45) is 7.05 Å². The summed E-state index contributed by atoms with van der Waals surface area (Å²) < 4.78 is 40.4. The third-order valence-electron chi connectivity index (χ3n) is 7.15. The molecule has 0 aliphatic rings. The van der Waals surface area contributed by atoms with Gasteiger partial charge in [-0.3, -0.25) is 0 Å². The van der Waals surface area contributed by atoms with Gasteiger partial charge >= 0.3 is 0 Å². The Morgan fingerprint density at radius 2 is 1.49 bits per heavy atom. The Bertz CT molecular complexity index is 1880. The van der Waals surface area contributed by atoms with Crippen LogP contribution in [0.15, 0.2) is 102 Å². The topological polar surface area (TPSA) is 17.0 Å². The summed E-state index contributed by atoms with van der Waals surface area (Å²) >= 11 is 0. The van der Waals surface area contributed by atoms with Crippen molar-refractivity contribution in [1.82, 2.24) is 0 Å². The lowest BCUT2D eigenvalue weighted by atomic mass is 9.95. The summed E-state index contributed by atoms with van der Waals surface area (Å²) in [4.78, 5) is 0. The van der Waals surface area contributed by atoms with E-state index in [1.165, 1.54) is 6.07 Å². The number of nitrogens with zero attached hydrogens (tertiary/aromatic N) is 1. The molecule has 0 unspecified atom stereocenters. The summed E-state index contributed by atoms with van der Waals surface area (Å²) in [7, 11) is 1.87. The molecule has 2 heterocycles. The highest BCUT2D eigenvalue weighted by atomic mass is 19.1. The van der Waals surface area contributed by atoms with Gasteiger partial charge in [0.05, 0.1) is 11.1 Å². The Labute approximate surface area is 219 Å². The quantitative estimate of drug-likeness (QED) is 0.226. The molecule has 0 aliphatic carbocycles. The molecule has 2 nitrogen and oxygen atoms in total. The van der Waals surface area contributed by atoms with Crippen molar-refractivity contribution in [3.05, 3.63) is 114 Å². The molecule has 2 aromatic heterocycles. The minimum absolute atomic E-state index is 0.343. The molecule has 0 fully saturated rings. The van der Waals surface area contributed by atoms with E-state index in [1.807, 2.05) is 105 Å². The number of aromatic nitrogens is 1. The second kappa shape index (κ2) is 9.01. The standard InChI is InChI=1S/C34H29FNO/c1-21(2)25-8-7-9-26(20-25)23-12-14-24(15-13-23)32-29(35)18-17-28-27-16-11-22(3)31(33(27)37-34(28)32)30-10-5-6-19-36(30)4/h5-21H,1-4H3/q+1/i19D,21D. The van der Waals surface area contributed by atoms with Crippen LogP contribution in [0, 0.1) is 12.7 Å². The zero-order chi connectivity index (χ0) is 27.5. The zero-order valence-electron chi connectivity index (χ0n) is 23.4. The van der Waals surface area contributed by atoms with Gasteiger partial charge in [-0.1, -0.05) is 74.5 Å². The van der Waals surface area contributed by atoms with E-state index < -0.39 is 5.89 Å². The number of aryl methyl sites for hydroxylation is 1. The minimum Gasteiger partial charge on any atom is -0.454 e. The smallest absolute Gasteiger partial charge is 0.216 e. The highest BCUT2D eigenvalue weighted by Crippen LogP contribution is 2.41. The van der Waals surface area contributed by atoms with Gasteiger partial charge in [0.15, 0.2) is 6.17 Å². The largest absolute Gasteiger partial charge is 0.454 e. The fourth-order valence-electron chi connectivity index (χ4n) is 5.13. The van der Waals surface area contributed by atoms with E-state index in [9.17, 15) is 0 Å². The van der Waals surface area contributed by atoms with Crippen molar-refractivity contribution < 1.29 is 16.1 Å². The summed E-state index contributed by atoms with van der Waals surface area (Å²) in [6.07, 6.45) is 0.392. The maximum Gasteiger partial charge on any atom is 0.216 e. The predicted molar refractivity (Wildman–Crippen MR) is 150 cm³/mol.